The molecule has 1 aromatic carbocycles. The van der Waals surface area contributed by atoms with Crippen LogP contribution in [0.25, 0.3) is 0 Å². The smallest absolute Gasteiger partial charge is 0.0776 e. The first-order chi connectivity index (χ1) is 6.18. The van der Waals surface area contributed by atoms with Crippen LogP contribution in [0.3, 0.4) is 0 Å². The van der Waals surface area contributed by atoms with Crippen LogP contribution in [0, 0.1) is 6.92 Å². The van der Waals surface area contributed by atoms with Gasteiger partial charge in [0.1, 0.15) is 0 Å². The van der Waals surface area contributed by atoms with Crippen LogP contribution in [-0.4, -0.2) is 22.4 Å². The minimum absolute atomic E-state index is 0.246. The van der Waals surface area contributed by atoms with Gasteiger partial charge in [0.25, 0.3) is 0 Å². The molecule has 0 unspecified atom stereocenters. The highest BCUT2D eigenvalue weighted by molar-refractivity contribution is 5.21. The SMILES string of the molecule is Cc1ccc(CCON(O)O)cc1. The van der Waals surface area contributed by atoms with Crippen LogP contribution < -0.4 is 0 Å². The molecule has 0 aliphatic carbocycles. The van der Waals surface area contributed by atoms with E-state index in [-0.39, 0.29) is 12.0 Å². The van der Waals surface area contributed by atoms with Gasteiger partial charge >= 0.3 is 0 Å². The summed E-state index contributed by atoms with van der Waals surface area (Å²) in [4.78, 5) is 4.42. The zero-order valence-electron chi connectivity index (χ0n) is 7.47. The number of benzene rings is 1. The van der Waals surface area contributed by atoms with Gasteiger partial charge in [0, 0.05) is 0 Å². The van der Waals surface area contributed by atoms with Gasteiger partial charge in [-0.2, -0.15) is 0 Å². The fourth-order valence-corrected chi connectivity index (χ4v) is 1.000. The maximum Gasteiger partial charge on any atom is 0.0776 e. The van der Waals surface area contributed by atoms with Crippen LogP contribution in [0.15, 0.2) is 24.3 Å². The van der Waals surface area contributed by atoms with Crippen molar-refractivity contribution in [3.05, 3.63) is 35.4 Å². The Balaban J connectivity index is 2.33. The van der Waals surface area contributed by atoms with Crippen LogP contribution in [0.4, 0.5) is 0 Å². The molecule has 0 saturated carbocycles. The highest BCUT2D eigenvalue weighted by Gasteiger charge is 1.95. The minimum atomic E-state index is -0.270. The topological polar surface area (TPSA) is 52.9 Å². The van der Waals surface area contributed by atoms with Gasteiger partial charge in [0.2, 0.25) is 0 Å². The summed E-state index contributed by atoms with van der Waals surface area (Å²) in [6, 6.07) is 7.98. The molecule has 0 atom stereocenters. The normalized spacial score (nSPS) is 10.8. The first-order valence-electron chi connectivity index (χ1n) is 4.05. The fraction of sp³-hybridized carbons (Fsp3) is 0.333. The Kier molecular flexibility index (Phi) is 3.85. The lowest BCUT2D eigenvalue weighted by Gasteiger charge is -2.05. The van der Waals surface area contributed by atoms with Crippen LogP contribution in [-0.2, 0) is 11.3 Å². The molecule has 72 valence electrons. The van der Waals surface area contributed by atoms with Crippen LogP contribution in [0.2, 0.25) is 0 Å². The summed E-state index contributed by atoms with van der Waals surface area (Å²) < 4.78 is 0. The summed E-state index contributed by atoms with van der Waals surface area (Å²) in [6.07, 6.45) is 0.651. The van der Waals surface area contributed by atoms with Crippen LogP contribution in [0.1, 0.15) is 11.1 Å². The van der Waals surface area contributed by atoms with E-state index in [2.05, 4.69) is 4.84 Å². The van der Waals surface area contributed by atoms with E-state index >= 15 is 0 Å². The summed E-state index contributed by atoms with van der Waals surface area (Å²) in [7, 11) is 0. The third-order valence-electron chi connectivity index (χ3n) is 1.72. The fourth-order valence-electron chi connectivity index (χ4n) is 1.000. The van der Waals surface area contributed by atoms with E-state index in [9.17, 15) is 0 Å². The molecule has 0 aliphatic heterocycles. The molecule has 0 spiro atoms. The number of hydrogen-bond donors (Lipinski definition) is 2. The van der Waals surface area contributed by atoms with E-state index in [4.69, 9.17) is 10.4 Å². The second-order valence-corrected chi connectivity index (χ2v) is 2.82. The van der Waals surface area contributed by atoms with E-state index in [1.54, 1.807) is 0 Å². The van der Waals surface area contributed by atoms with E-state index in [0.717, 1.165) is 5.56 Å². The molecule has 0 heterocycles. The summed E-state index contributed by atoms with van der Waals surface area (Å²) in [5.74, 6) is 0. The Bertz CT molecular complexity index is 246. The highest BCUT2D eigenvalue weighted by atomic mass is 17.1. The van der Waals surface area contributed by atoms with Gasteiger partial charge in [-0.05, 0) is 18.9 Å². The second kappa shape index (κ2) is 4.94. The Hall–Kier alpha value is -0.940. The van der Waals surface area contributed by atoms with Crippen molar-refractivity contribution in [3.8, 4) is 0 Å². The number of aryl methyl sites for hydroxylation is 1. The third kappa shape index (κ3) is 4.00. The molecule has 0 saturated heterocycles. The van der Waals surface area contributed by atoms with E-state index in [1.165, 1.54) is 5.56 Å². The first kappa shape index (κ1) is 10.1. The average molecular weight is 183 g/mol. The molecule has 0 aliphatic rings. The predicted molar refractivity (Wildman–Crippen MR) is 46.2 cm³/mol. The predicted octanol–water partition coefficient (Wildman–Crippen LogP) is 1.55. The van der Waals surface area contributed by atoms with Crippen LogP contribution in [0.5, 0.6) is 0 Å². The molecule has 0 bridgehead atoms. The molecule has 4 nitrogen and oxygen atoms in total. The van der Waals surface area contributed by atoms with E-state index in [1.807, 2.05) is 31.2 Å². The number of hydrogen-bond acceptors (Lipinski definition) is 4. The molecule has 13 heavy (non-hydrogen) atoms. The Morgan fingerprint density at radius 2 is 1.85 bits per heavy atom. The maximum absolute atomic E-state index is 8.24. The van der Waals surface area contributed by atoms with Crippen molar-refractivity contribution in [2.75, 3.05) is 6.61 Å². The van der Waals surface area contributed by atoms with Gasteiger partial charge in [-0.15, -0.1) is 0 Å². The van der Waals surface area contributed by atoms with Gasteiger partial charge in [-0.3, -0.25) is 15.3 Å². The molecule has 2 N–H and O–H groups in total. The summed E-state index contributed by atoms with van der Waals surface area (Å²) in [6.45, 7) is 2.26. The quantitative estimate of drug-likeness (QED) is 0.695. The van der Waals surface area contributed by atoms with Crippen molar-refractivity contribution in [3.63, 3.8) is 0 Å². The Labute approximate surface area is 76.9 Å². The lowest BCUT2D eigenvalue weighted by atomic mass is 10.1. The molecule has 1 aromatic rings. The lowest BCUT2D eigenvalue weighted by Crippen LogP contribution is -2.16. The van der Waals surface area contributed by atoms with Gasteiger partial charge in [0.15, 0.2) is 0 Å². The first-order valence-corrected chi connectivity index (χ1v) is 4.05. The van der Waals surface area contributed by atoms with Crippen molar-refractivity contribution in [2.45, 2.75) is 13.3 Å². The van der Waals surface area contributed by atoms with Gasteiger partial charge in [-0.1, -0.05) is 29.8 Å². The van der Waals surface area contributed by atoms with Crippen molar-refractivity contribution >= 4 is 0 Å². The maximum atomic E-state index is 8.24. The van der Waals surface area contributed by atoms with Gasteiger partial charge in [0.05, 0.1) is 12.0 Å². The standard InChI is InChI=1S/C9H13NO3/c1-8-2-4-9(5-3-8)6-7-13-10(11)12/h2-5,11-12H,6-7H2,1H3. The van der Waals surface area contributed by atoms with Crippen LogP contribution >= 0.6 is 0 Å². The summed E-state index contributed by atoms with van der Waals surface area (Å²) in [5.41, 5.74) is 2.31. The number of nitrogens with zero attached hydrogens (tertiary/aromatic N) is 1. The summed E-state index contributed by atoms with van der Waals surface area (Å²) in [5, 5.41) is 16.2. The van der Waals surface area contributed by atoms with Crippen molar-refractivity contribution in [2.24, 2.45) is 0 Å². The zero-order chi connectivity index (χ0) is 9.68. The Morgan fingerprint density at radius 3 is 2.38 bits per heavy atom. The second-order valence-electron chi connectivity index (χ2n) is 2.82. The van der Waals surface area contributed by atoms with E-state index < -0.39 is 0 Å². The van der Waals surface area contributed by atoms with Crippen molar-refractivity contribution < 1.29 is 15.3 Å². The zero-order valence-corrected chi connectivity index (χ0v) is 7.47. The third-order valence-corrected chi connectivity index (χ3v) is 1.72. The van der Waals surface area contributed by atoms with Crippen molar-refractivity contribution in [1.82, 2.24) is 5.39 Å². The average Bonchev–Trinajstić information content (AvgIpc) is 2.08. The van der Waals surface area contributed by atoms with E-state index in [0.29, 0.717) is 6.42 Å². The minimum Gasteiger partial charge on any atom is -0.266 e. The van der Waals surface area contributed by atoms with Gasteiger partial charge in [-0.25, -0.2) is 0 Å². The molecular weight excluding hydrogens is 170 g/mol. The highest BCUT2D eigenvalue weighted by Crippen LogP contribution is 2.03. The molecule has 4 heteroatoms. The molecule has 0 aromatic heterocycles. The monoisotopic (exact) mass is 183 g/mol. The molecule has 0 radical (unpaired) electrons. The molecular formula is C9H13NO3. The van der Waals surface area contributed by atoms with Gasteiger partial charge < -0.3 is 0 Å². The van der Waals surface area contributed by atoms with Crippen molar-refractivity contribution in [1.29, 1.82) is 0 Å². The Morgan fingerprint density at radius 1 is 1.23 bits per heavy atom. The molecule has 0 amide bonds. The number of rotatable bonds is 4. The largest absolute Gasteiger partial charge is 0.266 e. The lowest BCUT2D eigenvalue weighted by molar-refractivity contribution is -0.492. The molecule has 1 rings (SSSR count). The summed E-state index contributed by atoms with van der Waals surface area (Å²) >= 11 is 0. The molecule has 0 fully saturated rings.